The minimum atomic E-state index is -1.79. The van der Waals surface area contributed by atoms with E-state index < -0.39 is 47.2 Å². The highest BCUT2D eigenvalue weighted by Crippen LogP contribution is 2.48. The quantitative estimate of drug-likeness (QED) is 0.330. The van der Waals surface area contributed by atoms with Gasteiger partial charge in [0.05, 0.1) is 12.5 Å². The van der Waals surface area contributed by atoms with E-state index in [4.69, 9.17) is 14.2 Å². The van der Waals surface area contributed by atoms with Crippen molar-refractivity contribution < 1.29 is 38.2 Å². The van der Waals surface area contributed by atoms with Crippen molar-refractivity contribution in [2.24, 2.45) is 17.8 Å². The number of ether oxygens (including phenoxy) is 3. The van der Waals surface area contributed by atoms with Crippen LogP contribution in [0.3, 0.4) is 0 Å². The number of anilines is 1. The lowest BCUT2D eigenvalue weighted by molar-refractivity contribution is -0.147. The first-order chi connectivity index (χ1) is 22.2. The van der Waals surface area contributed by atoms with Crippen molar-refractivity contribution in [2.45, 2.75) is 90.6 Å². The summed E-state index contributed by atoms with van der Waals surface area (Å²) < 4.78 is 17.1. The largest absolute Gasteiger partial charge is 0.493 e. The van der Waals surface area contributed by atoms with Crippen molar-refractivity contribution in [3.05, 3.63) is 59.7 Å². The van der Waals surface area contributed by atoms with Gasteiger partial charge in [0.2, 0.25) is 17.4 Å². The number of imide groups is 1. The first-order valence-electron chi connectivity index (χ1n) is 16.1. The van der Waals surface area contributed by atoms with E-state index in [-0.39, 0.29) is 42.2 Å². The highest BCUT2D eigenvalue weighted by molar-refractivity contribution is 6.05. The number of hydrogen-bond donors (Lipinski definition) is 3. The smallest absolute Gasteiger partial charge is 0.415 e. The maximum Gasteiger partial charge on any atom is 0.415 e. The van der Waals surface area contributed by atoms with E-state index in [9.17, 15) is 24.0 Å². The van der Waals surface area contributed by atoms with Crippen LogP contribution in [0.1, 0.15) is 71.9 Å². The van der Waals surface area contributed by atoms with Gasteiger partial charge in [0.25, 0.3) is 5.91 Å². The number of rotatable bonds is 10. The molecule has 0 bridgehead atoms. The summed E-state index contributed by atoms with van der Waals surface area (Å²) in [5.74, 6) is -1.74. The lowest BCUT2D eigenvalue weighted by atomic mass is 9.76. The Morgan fingerprint density at radius 2 is 1.77 bits per heavy atom. The molecule has 47 heavy (non-hydrogen) atoms. The summed E-state index contributed by atoms with van der Waals surface area (Å²) >= 11 is 0. The summed E-state index contributed by atoms with van der Waals surface area (Å²) in [6.45, 7) is 11.2. The van der Waals surface area contributed by atoms with Crippen LogP contribution < -0.4 is 20.7 Å². The number of benzene rings is 2. The van der Waals surface area contributed by atoms with Gasteiger partial charge in [0.1, 0.15) is 17.4 Å². The van der Waals surface area contributed by atoms with E-state index in [0.29, 0.717) is 18.2 Å². The topological polar surface area (TPSA) is 152 Å². The predicted molar refractivity (Wildman–Crippen MR) is 172 cm³/mol. The minimum Gasteiger partial charge on any atom is -0.493 e. The standard InChI is InChI=1S/C35H44N4O8/c1-20(2)29(37-32(43)46-34(4,5)6)30(41)36-25-14-15-26-27(17-25)45-19-24(35(26)31(42)38-33(44)47-35)16-28(40)39(21(3)23-12-13-23)18-22-10-8-7-9-11-22/h7-11,14-15,17,20-21,23-24,29H,12-13,16,18-19H2,1-6H3,(H,36,41)(H,37,43)(H,38,42,44)/t21-,24?,29+,35?/m0/s1. The lowest BCUT2D eigenvalue weighted by Crippen LogP contribution is -2.51. The lowest BCUT2D eigenvalue weighted by Gasteiger charge is -2.40. The molecule has 2 aromatic carbocycles. The van der Waals surface area contributed by atoms with Crippen LogP contribution in [0.2, 0.25) is 0 Å². The highest BCUT2D eigenvalue weighted by Gasteiger charge is 2.60. The van der Waals surface area contributed by atoms with Crippen molar-refractivity contribution in [1.29, 1.82) is 0 Å². The molecule has 3 N–H and O–H groups in total. The Morgan fingerprint density at radius 1 is 1.06 bits per heavy atom. The third-order valence-corrected chi connectivity index (χ3v) is 8.83. The maximum atomic E-state index is 14.0. The Morgan fingerprint density at radius 3 is 2.36 bits per heavy atom. The number of nitrogens with zero attached hydrogens (tertiary/aromatic N) is 1. The van der Waals surface area contributed by atoms with Gasteiger partial charge in [-0.15, -0.1) is 0 Å². The monoisotopic (exact) mass is 648 g/mol. The second kappa shape index (κ2) is 13.2. The van der Waals surface area contributed by atoms with E-state index in [2.05, 4.69) is 16.0 Å². The fraction of sp³-hybridized carbons (Fsp3) is 0.514. The van der Waals surface area contributed by atoms with Crippen LogP contribution in [0.4, 0.5) is 15.3 Å². The minimum absolute atomic E-state index is 0.000972. The van der Waals surface area contributed by atoms with Gasteiger partial charge in [0.15, 0.2) is 0 Å². The van der Waals surface area contributed by atoms with Gasteiger partial charge >= 0.3 is 12.2 Å². The zero-order valence-electron chi connectivity index (χ0n) is 27.8. The van der Waals surface area contributed by atoms with E-state index in [1.807, 2.05) is 42.2 Å². The van der Waals surface area contributed by atoms with Crippen molar-refractivity contribution in [3.8, 4) is 5.75 Å². The van der Waals surface area contributed by atoms with Gasteiger partial charge in [0, 0.05) is 36.3 Å². The fourth-order valence-electron chi connectivity index (χ4n) is 6.20. The van der Waals surface area contributed by atoms with Gasteiger partial charge in [-0.25, -0.2) is 9.59 Å². The van der Waals surface area contributed by atoms with Crippen molar-refractivity contribution in [1.82, 2.24) is 15.5 Å². The number of alkyl carbamates (subject to hydrolysis) is 2. The van der Waals surface area contributed by atoms with Gasteiger partial charge in [-0.1, -0.05) is 44.2 Å². The predicted octanol–water partition coefficient (Wildman–Crippen LogP) is 4.86. The molecule has 2 fully saturated rings. The van der Waals surface area contributed by atoms with E-state index >= 15 is 0 Å². The number of fused-ring (bicyclic) bond motifs is 2. The zero-order chi connectivity index (χ0) is 34.1. The molecule has 4 atom stereocenters. The summed E-state index contributed by atoms with van der Waals surface area (Å²) in [5.41, 5.74) is -0.911. The number of carbonyl (C=O) groups excluding carboxylic acids is 5. The number of amides is 5. The average molecular weight is 649 g/mol. The molecule has 0 radical (unpaired) electrons. The van der Waals surface area contributed by atoms with E-state index in [1.54, 1.807) is 46.8 Å². The van der Waals surface area contributed by atoms with Gasteiger partial charge in [-0.3, -0.25) is 19.7 Å². The van der Waals surface area contributed by atoms with Gasteiger partial charge in [-0.2, -0.15) is 0 Å². The summed E-state index contributed by atoms with van der Waals surface area (Å²) in [5, 5.41) is 7.66. The molecule has 1 aliphatic carbocycles. The summed E-state index contributed by atoms with van der Waals surface area (Å²) in [6, 6.07) is 13.5. The van der Waals surface area contributed by atoms with Crippen molar-refractivity contribution in [2.75, 3.05) is 11.9 Å². The molecule has 0 aromatic heterocycles. The Hall–Kier alpha value is -4.61. The molecule has 5 rings (SSSR count). The molecule has 2 heterocycles. The van der Waals surface area contributed by atoms with Crippen LogP contribution in [0, 0.1) is 17.8 Å². The third-order valence-electron chi connectivity index (χ3n) is 8.83. The normalized spacial score (nSPS) is 21.6. The molecule has 1 saturated heterocycles. The molecule has 12 nitrogen and oxygen atoms in total. The molecule has 2 unspecified atom stereocenters. The first kappa shape index (κ1) is 33.7. The van der Waals surface area contributed by atoms with Crippen LogP contribution in [0.5, 0.6) is 5.75 Å². The maximum absolute atomic E-state index is 14.0. The molecule has 3 aliphatic rings. The molecular weight excluding hydrogens is 604 g/mol. The SMILES string of the molecule is CC(C)[C@@H](NC(=O)OC(C)(C)C)C(=O)Nc1ccc2c(c1)OCC(CC(=O)N(Cc1ccccc1)[C@@H](C)C1CC1)C21OC(=O)NC1=O. The molecule has 5 amide bonds. The summed E-state index contributed by atoms with van der Waals surface area (Å²) in [6.07, 6.45) is 0.396. The second-order valence-corrected chi connectivity index (χ2v) is 13.9. The van der Waals surface area contributed by atoms with Crippen molar-refractivity contribution >= 4 is 35.6 Å². The Labute approximate surface area is 274 Å². The van der Waals surface area contributed by atoms with Crippen LogP contribution in [0.15, 0.2) is 48.5 Å². The van der Waals surface area contributed by atoms with Gasteiger partial charge in [-0.05, 0) is 70.1 Å². The molecule has 2 aromatic rings. The van der Waals surface area contributed by atoms with Crippen LogP contribution in [-0.4, -0.2) is 59.1 Å². The molecule has 12 heteroatoms. The molecule has 252 valence electrons. The second-order valence-electron chi connectivity index (χ2n) is 13.9. The molecule has 1 saturated carbocycles. The molecule has 2 aliphatic heterocycles. The number of nitrogens with one attached hydrogen (secondary N) is 3. The Bertz CT molecular complexity index is 1530. The molecule has 1 spiro atoms. The van der Waals surface area contributed by atoms with Crippen molar-refractivity contribution in [3.63, 3.8) is 0 Å². The summed E-state index contributed by atoms with van der Waals surface area (Å²) in [7, 11) is 0. The first-order valence-corrected chi connectivity index (χ1v) is 16.1. The zero-order valence-corrected chi connectivity index (χ0v) is 27.8. The van der Waals surface area contributed by atoms with E-state index in [0.717, 1.165) is 18.4 Å². The fourth-order valence-corrected chi connectivity index (χ4v) is 6.20. The van der Waals surface area contributed by atoms with Crippen LogP contribution in [-0.2, 0) is 36.0 Å². The third kappa shape index (κ3) is 7.52. The van der Waals surface area contributed by atoms with Gasteiger partial charge < -0.3 is 29.7 Å². The summed E-state index contributed by atoms with van der Waals surface area (Å²) in [4.78, 5) is 67.5. The van der Waals surface area contributed by atoms with E-state index in [1.165, 1.54) is 6.07 Å². The number of carbonyl (C=O) groups is 5. The molecular formula is C35H44N4O8. The van der Waals surface area contributed by atoms with Crippen LogP contribution >= 0.6 is 0 Å². The Balaban J connectivity index is 1.37. The number of hydrogen-bond acceptors (Lipinski definition) is 8. The van der Waals surface area contributed by atoms with Crippen LogP contribution in [0.25, 0.3) is 0 Å². The average Bonchev–Trinajstić information content (AvgIpc) is 3.80. The Kier molecular flexibility index (Phi) is 9.51. The highest BCUT2D eigenvalue weighted by atomic mass is 16.6.